The van der Waals surface area contributed by atoms with Crippen LogP contribution in [0.25, 0.3) is 0 Å². The lowest BCUT2D eigenvalue weighted by molar-refractivity contribution is 0.0844. The zero-order valence-corrected chi connectivity index (χ0v) is 11.0. The maximum absolute atomic E-state index is 11.9. The van der Waals surface area contributed by atoms with Crippen LogP contribution < -0.4 is 10.6 Å². The molecule has 1 aliphatic carbocycles. The number of nitrogens with one attached hydrogen (secondary N) is 2. The van der Waals surface area contributed by atoms with Crippen LogP contribution in [-0.2, 0) is 0 Å². The molecule has 1 amide bonds. The molecule has 0 unspecified atom stereocenters. The summed E-state index contributed by atoms with van der Waals surface area (Å²) < 4.78 is 0. The van der Waals surface area contributed by atoms with Crippen LogP contribution in [-0.4, -0.2) is 29.7 Å². The molecule has 1 aliphatic rings. The average molecular weight is 248 g/mol. The molecule has 0 atom stereocenters. The number of carbonyl (C=O) groups excluding carboxylic acids is 1. The molecule has 1 fully saturated rings. The molecule has 1 heterocycles. The van der Waals surface area contributed by atoms with E-state index in [9.17, 15) is 4.79 Å². The van der Waals surface area contributed by atoms with E-state index >= 15 is 0 Å². The highest BCUT2D eigenvalue weighted by atomic mass is 16.1. The summed E-state index contributed by atoms with van der Waals surface area (Å²) >= 11 is 0. The first kappa shape index (κ1) is 12.8. The molecule has 1 saturated carbocycles. The largest absolute Gasteiger partial charge is 0.372 e. The maximum Gasteiger partial charge on any atom is 0.271 e. The van der Waals surface area contributed by atoms with Crippen molar-refractivity contribution in [3.8, 4) is 0 Å². The van der Waals surface area contributed by atoms with Gasteiger partial charge in [-0.05, 0) is 36.8 Å². The first-order valence-electron chi connectivity index (χ1n) is 6.49. The lowest BCUT2D eigenvalue weighted by atomic mass is 9.67. The quantitative estimate of drug-likeness (QED) is 0.834. The number of hydrogen-bond acceptors (Lipinski definition) is 4. The van der Waals surface area contributed by atoms with E-state index in [0.29, 0.717) is 16.9 Å². The SMILES string of the molecule is CCC1(CNC(=O)c2ccc(NC)nn2)CCC1. The molecule has 18 heavy (non-hydrogen) atoms. The lowest BCUT2D eigenvalue weighted by Crippen LogP contribution is -2.41. The Kier molecular flexibility index (Phi) is 3.79. The van der Waals surface area contributed by atoms with Crippen LogP contribution in [0.4, 0.5) is 5.82 Å². The topological polar surface area (TPSA) is 66.9 Å². The molecule has 98 valence electrons. The minimum Gasteiger partial charge on any atom is -0.372 e. The monoisotopic (exact) mass is 248 g/mol. The highest BCUT2D eigenvalue weighted by Crippen LogP contribution is 2.43. The molecular weight excluding hydrogens is 228 g/mol. The summed E-state index contributed by atoms with van der Waals surface area (Å²) in [5, 5.41) is 13.6. The second-order valence-corrected chi connectivity index (χ2v) is 4.94. The van der Waals surface area contributed by atoms with Crippen molar-refractivity contribution >= 4 is 11.7 Å². The fourth-order valence-electron chi connectivity index (χ4n) is 2.28. The van der Waals surface area contributed by atoms with Crippen molar-refractivity contribution in [2.75, 3.05) is 18.9 Å². The van der Waals surface area contributed by atoms with Gasteiger partial charge < -0.3 is 10.6 Å². The zero-order valence-electron chi connectivity index (χ0n) is 11.0. The minimum absolute atomic E-state index is 0.134. The number of hydrogen-bond donors (Lipinski definition) is 2. The van der Waals surface area contributed by atoms with Gasteiger partial charge in [0.15, 0.2) is 5.69 Å². The van der Waals surface area contributed by atoms with Crippen molar-refractivity contribution in [3.05, 3.63) is 17.8 Å². The van der Waals surface area contributed by atoms with Gasteiger partial charge in [0.05, 0.1) is 0 Å². The van der Waals surface area contributed by atoms with Gasteiger partial charge in [-0.2, -0.15) is 0 Å². The molecule has 0 bridgehead atoms. The highest BCUT2D eigenvalue weighted by Gasteiger charge is 2.35. The Morgan fingerprint density at radius 1 is 1.39 bits per heavy atom. The van der Waals surface area contributed by atoms with Crippen molar-refractivity contribution in [2.24, 2.45) is 5.41 Å². The van der Waals surface area contributed by atoms with Crippen molar-refractivity contribution < 1.29 is 4.79 Å². The van der Waals surface area contributed by atoms with Gasteiger partial charge in [0.25, 0.3) is 5.91 Å². The predicted octanol–water partition coefficient (Wildman–Crippen LogP) is 1.83. The van der Waals surface area contributed by atoms with Gasteiger partial charge in [-0.1, -0.05) is 13.3 Å². The van der Waals surface area contributed by atoms with Crippen LogP contribution in [0.1, 0.15) is 43.1 Å². The molecule has 0 saturated heterocycles. The van der Waals surface area contributed by atoms with E-state index in [4.69, 9.17) is 0 Å². The molecule has 5 nitrogen and oxygen atoms in total. The third-order valence-electron chi connectivity index (χ3n) is 3.94. The molecule has 0 aliphatic heterocycles. The zero-order chi connectivity index (χ0) is 13.0. The molecule has 0 radical (unpaired) electrons. The Balaban J connectivity index is 1.90. The van der Waals surface area contributed by atoms with Gasteiger partial charge in [0.1, 0.15) is 5.82 Å². The smallest absolute Gasteiger partial charge is 0.271 e. The molecule has 0 aromatic carbocycles. The predicted molar refractivity (Wildman–Crippen MR) is 70.5 cm³/mol. The first-order valence-corrected chi connectivity index (χ1v) is 6.49. The standard InChI is InChI=1S/C13H20N4O/c1-3-13(7-4-8-13)9-15-12(18)10-5-6-11(14-2)17-16-10/h5-6H,3-4,7-9H2,1-2H3,(H,14,17)(H,15,18). The van der Waals surface area contributed by atoms with E-state index in [-0.39, 0.29) is 5.91 Å². The number of aromatic nitrogens is 2. The summed E-state index contributed by atoms with van der Waals surface area (Å²) in [4.78, 5) is 11.9. The van der Waals surface area contributed by atoms with Gasteiger partial charge in [-0.15, -0.1) is 10.2 Å². The van der Waals surface area contributed by atoms with Crippen LogP contribution in [0.3, 0.4) is 0 Å². The summed E-state index contributed by atoms with van der Waals surface area (Å²) in [6, 6.07) is 3.44. The average Bonchev–Trinajstić information content (AvgIpc) is 2.38. The molecule has 5 heteroatoms. The van der Waals surface area contributed by atoms with Crippen molar-refractivity contribution in [1.29, 1.82) is 0 Å². The fourth-order valence-corrected chi connectivity index (χ4v) is 2.28. The minimum atomic E-state index is -0.134. The van der Waals surface area contributed by atoms with E-state index in [1.165, 1.54) is 19.3 Å². The van der Waals surface area contributed by atoms with E-state index in [0.717, 1.165) is 13.0 Å². The molecule has 1 aromatic heterocycles. The third-order valence-corrected chi connectivity index (χ3v) is 3.94. The van der Waals surface area contributed by atoms with E-state index in [1.54, 1.807) is 19.2 Å². The third kappa shape index (κ3) is 2.60. The van der Waals surface area contributed by atoms with Crippen LogP contribution in [0.5, 0.6) is 0 Å². The molecule has 1 aromatic rings. The molecule has 2 rings (SSSR count). The number of carbonyl (C=O) groups is 1. The van der Waals surface area contributed by atoms with Crippen molar-refractivity contribution in [3.63, 3.8) is 0 Å². The highest BCUT2D eigenvalue weighted by molar-refractivity contribution is 5.92. The van der Waals surface area contributed by atoms with Gasteiger partial charge in [-0.25, -0.2) is 0 Å². The van der Waals surface area contributed by atoms with Gasteiger partial charge in [0.2, 0.25) is 0 Å². The lowest BCUT2D eigenvalue weighted by Gasteiger charge is -2.41. The van der Waals surface area contributed by atoms with Crippen molar-refractivity contribution in [2.45, 2.75) is 32.6 Å². The van der Waals surface area contributed by atoms with Gasteiger partial charge in [-0.3, -0.25) is 4.79 Å². The summed E-state index contributed by atoms with van der Waals surface area (Å²) in [5.41, 5.74) is 0.702. The first-order chi connectivity index (χ1) is 8.69. The number of rotatable bonds is 5. The summed E-state index contributed by atoms with van der Waals surface area (Å²) in [6.45, 7) is 2.94. The second kappa shape index (κ2) is 5.33. The fraction of sp³-hybridized carbons (Fsp3) is 0.615. The summed E-state index contributed by atoms with van der Waals surface area (Å²) in [6.07, 6.45) is 4.83. The second-order valence-electron chi connectivity index (χ2n) is 4.94. The number of nitrogens with zero attached hydrogens (tertiary/aromatic N) is 2. The summed E-state index contributed by atoms with van der Waals surface area (Å²) in [7, 11) is 1.77. The Morgan fingerprint density at radius 3 is 2.61 bits per heavy atom. The van der Waals surface area contributed by atoms with Crippen LogP contribution in [0.2, 0.25) is 0 Å². The van der Waals surface area contributed by atoms with E-state index < -0.39 is 0 Å². The Bertz CT molecular complexity index is 406. The van der Waals surface area contributed by atoms with E-state index in [1.807, 2.05) is 0 Å². The Morgan fingerprint density at radius 2 is 2.17 bits per heavy atom. The van der Waals surface area contributed by atoms with Crippen LogP contribution in [0, 0.1) is 5.41 Å². The van der Waals surface area contributed by atoms with Crippen LogP contribution >= 0.6 is 0 Å². The summed E-state index contributed by atoms with van der Waals surface area (Å²) in [5.74, 6) is 0.528. The number of anilines is 1. The van der Waals surface area contributed by atoms with E-state index in [2.05, 4.69) is 27.8 Å². The Labute approximate surface area is 107 Å². The Hall–Kier alpha value is -1.65. The van der Waals surface area contributed by atoms with Gasteiger partial charge >= 0.3 is 0 Å². The van der Waals surface area contributed by atoms with Gasteiger partial charge in [0, 0.05) is 13.6 Å². The maximum atomic E-state index is 11.9. The molecule has 2 N–H and O–H groups in total. The normalized spacial score (nSPS) is 16.8. The van der Waals surface area contributed by atoms with Crippen molar-refractivity contribution in [1.82, 2.24) is 15.5 Å². The molecule has 0 spiro atoms. The van der Waals surface area contributed by atoms with Crippen LogP contribution in [0.15, 0.2) is 12.1 Å². The molecular formula is C13H20N4O. The number of amides is 1.